The molecule has 5 nitrogen and oxygen atoms in total. The van der Waals surface area contributed by atoms with E-state index in [0.717, 1.165) is 63.9 Å². The second kappa shape index (κ2) is 17.0. The largest absolute Gasteiger partial charge is 0.355 e. The van der Waals surface area contributed by atoms with Crippen molar-refractivity contribution in [3.63, 3.8) is 0 Å². The summed E-state index contributed by atoms with van der Waals surface area (Å²) in [6, 6.07) is 11.4. The number of hydrogen-bond donors (Lipinski definition) is 2. The molecule has 8 heteroatoms. The molecule has 0 radical (unpaired) electrons. The molecule has 2 N–H and O–H groups in total. The summed E-state index contributed by atoms with van der Waals surface area (Å²) >= 11 is 0. The Bertz CT molecular complexity index is 619. The number of carbonyl (C=O) groups excluding carboxylic acids is 1. The molecule has 0 aliphatic carbocycles. The molecule has 0 unspecified atom stereocenters. The molecule has 2 fully saturated rings. The molecule has 2 bridgehead atoms. The van der Waals surface area contributed by atoms with Crippen molar-refractivity contribution in [1.29, 1.82) is 0 Å². The minimum absolute atomic E-state index is 0. The summed E-state index contributed by atoms with van der Waals surface area (Å²) in [5, 5.41) is 6.88. The number of nitrogens with zero attached hydrogens (tertiary/aromatic N) is 2. The number of benzene rings is 1. The van der Waals surface area contributed by atoms with Gasteiger partial charge in [0, 0.05) is 45.2 Å². The van der Waals surface area contributed by atoms with Gasteiger partial charge in [-0.15, -0.1) is 37.2 Å². The van der Waals surface area contributed by atoms with Gasteiger partial charge in [0.15, 0.2) is 0 Å². The molecule has 3 rings (SSSR count). The second-order valence-corrected chi connectivity index (χ2v) is 8.83. The van der Waals surface area contributed by atoms with E-state index in [4.69, 9.17) is 0 Å². The van der Waals surface area contributed by atoms with E-state index in [1.54, 1.807) is 0 Å². The Morgan fingerprint density at radius 3 is 2.53 bits per heavy atom. The summed E-state index contributed by atoms with van der Waals surface area (Å²) in [5.74, 6) is 1.70. The topological polar surface area (TPSA) is 47.6 Å². The summed E-state index contributed by atoms with van der Waals surface area (Å²) in [4.78, 5) is 17.1. The molecule has 1 amide bonds. The van der Waals surface area contributed by atoms with E-state index in [1.165, 1.54) is 25.1 Å². The van der Waals surface area contributed by atoms with Crippen LogP contribution in [-0.4, -0.2) is 67.6 Å². The Kier molecular flexibility index (Phi) is 16.7. The van der Waals surface area contributed by atoms with Crippen LogP contribution in [0.4, 0.5) is 0 Å². The standard InChI is InChI=1S/C24H40N4O.3ClH/c1-3-27(4-2)14-13-25-24(29)12-8-11-23-22-15-21(16-26-23)18-28(19-22)17-20-9-6-5-7-10-20;;;/h5-7,9-10,21-23,26H,3-4,8,11-19H2,1-2H3,(H,25,29);3*1H/t21-,22+,23+;;;/m0.../s1. The molecular weight excluding hydrogens is 467 g/mol. The predicted octanol–water partition coefficient (Wildman–Crippen LogP) is 3.99. The van der Waals surface area contributed by atoms with E-state index in [2.05, 4.69) is 64.6 Å². The first-order valence-electron chi connectivity index (χ1n) is 11.7. The number of nitrogens with one attached hydrogen (secondary N) is 2. The van der Waals surface area contributed by atoms with Crippen LogP contribution in [-0.2, 0) is 11.3 Å². The van der Waals surface area contributed by atoms with E-state index in [-0.39, 0.29) is 43.1 Å². The third kappa shape index (κ3) is 10.1. The highest BCUT2D eigenvalue weighted by molar-refractivity contribution is 5.86. The van der Waals surface area contributed by atoms with E-state index >= 15 is 0 Å². The normalized spacial score (nSPS) is 22.3. The molecule has 32 heavy (non-hydrogen) atoms. The molecule has 0 saturated carbocycles. The maximum absolute atomic E-state index is 12.2. The summed E-state index contributed by atoms with van der Waals surface area (Å²) < 4.78 is 0. The summed E-state index contributed by atoms with van der Waals surface area (Å²) in [7, 11) is 0. The minimum atomic E-state index is 0. The van der Waals surface area contributed by atoms with E-state index < -0.39 is 0 Å². The van der Waals surface area contributed by atoms with Crippen LogP contribution in [0.1, 0.15) is 45.1 Å². The van der Waals surface area contributed by atoms with E-state index in [1.807, 2.05) is 0 Å². The van der Waals surface area contributed by atoms with Crippen molar-refractivity contribution in [2.75, 3.05) is 45.8 Å². The number of carbonyl (C=O) groups is 1. The third-order valence-electron chi connectivity index (χ3n) is 6.70. The molecule has 1 aromatic rings. The van der Waals surface area contributed by atoms with Gasteiger partial charge in [-0.05, 0) is 56.3 Å². The molecule has 2 aliphatic rings. The Morgan fingerprint density at radius 1 is 1.12 bits per heavy atom. The van der Waals surface area contributed by atoms with Gasteiger partial charge >= 0.3 is 0 Å². The SMILES string of the molecule is CCN(CC)CCNC(=O)CCC[C@H]1NC[C@@H]2C[C@@H]1CN(Cc1ccccc1)C2.Cl.Cl.Cl. The van der Waals surface area contributed by atoms with Gasteiger partial charge in [-0.3, -0.25) is 9.69 Å². The minimum Gasteiger partial charge on any atom is -0.355 e. The van der Waals surface area contributed by atoms with Gasteiger partial charge in [-0.25, -0.2) is 0 Å². The van der Waals surface area contributed by atoms with Crippen LogP contribution in [0.2, 0.25) is 0 Å². The monoisotopic (exact) mass is 508 g/mol. The molecule has 3 atom stereocenters. The Labute approximate surface area is 213 Å². The molecule has 2 heterocycles. The lowest BCUT2D eigenvalue weighted by Gasteiger charge is -2.46. The number of halogens is 3. The lowest BCUT2D eigenvalue weighted by atomic mass is 9.79. The van der Waals surface area contributed by atoms with Crippen molar-refractivity contribution in [1.82, 2.24) is 20.4 Å². The number of likely N-dealkylation sites (tertiary alicyclic amines) is 1. The van der Waals surface area contributed by atoms with E-state index in [0.29, 0.717) is 12.5 Å². The number of fused-ring (bicyclic) bond motifs is 2. The van der Waals surface area contributed by atoms with Gasteiger partial charge in [-0.1, -0.05) is 44.2 Å². The van der Waals surface area contributed by atoms with Crippen molar-refractivity contribution in [3.05, 3.63) is 35.9 Å². The first-order valence-corrected chi connectivity index (χ1v) is 11.7. The number of likely N-dealkylation sites (N-methyl/N-ethyl adjacent to an activating group) is 1. The molecule has 0 aromatic heterocycles. The van der Waals surface area contributed by atoms with Crippen LogP contribution in [0.25, 0.3) is 0 Å². The second-order valence-electron chi connectivity index (χ2n) is 8.83. The predicted molar refractivity (Wildman–Crippen MR) is 141 cm³/mol. The molecule has 2 saturated heterocycles. The van der Waals surface area contributed by atoms with Crippen molar-refractivity contribution in [2.24, 2.45) is 11.8 Å². The maximum Gasteiger partial charge on any atom is 0.220 e. The summed E-state index contributed by atoms with van der Waals surface area (Å²) in [6.07, 6.45) is 4.09. The lowest BCUT2D eigenvalue weighted by molar-refractivity contribution is -0.121. The fourth-order valence-corrected chi connectivity index (χ4v) is 5.05. The average Bonchev–Trinajstić information content (AvgIpc) is 2.73. The molecule has 2 aliphatic heterocycles. The van der Waals surface area contributed by atoms with Crippen LogP contribution in [0.5, 0.6) is 0 Å². The molecule has 186 valence electrons. The van der Waals surface area contributed by atoms with E-state index in [9.17, 15) is 4.79 Å². The lowest BCUT2D eigenvalue weighted by Crippen LogP contribution is -2.55. The smallest absolute Gasteiger partial charge is 0.220 e. The van der Waals surface area contributed by atoms with Gasteiger partial charge in [-0.2, -0.15) is 0 Å². The number of rotatable bonds is 11. The molecule has 1 aromatic carbocycles. The molecule has 0 spiro atoms. The van der Waals surface area contributed by atoms with Crippen molar-refractivity contribution >= 4 is 43.1 Å². The Hall–Kier alpha value is -0.560. The number of amides is 1. The number of hydrogen-bond acceptors (Lipinski definition) is 4. The van der Waals surface area contributed by atoms with Crippen molar-refractivity contribution in [2.45, 2.75) is 52.1 Å². The van der Waals surface area contributed by atoms with Gasteiger partial charge in [0.2, 0.25) is 5.91 Å². The van der Waals surface area contributed by atoms with Crippen LogP contribution in [0, 0.1) is 11.8 Å². The highest BCUT2D eigenvalue weighted by atomic mass is 35.5. The zero-order valence-corrected chi connectivity index (χ0v) is 22.1. The first kappa shape index (κ1) is 31.4. The zero-order valence-electron chi connectivity index (χ0n) is 19.6. The van der Waals surface area contributed by atoms with Crippen LogP contribution >= 0.6 is 37.2 Å². The van der Waals surface area contributed by atoms with Crippen LogP contribution in [0.15, 0.2) is 30.3 Å². The third-order valence-corrected chi connectivity index (χ3v) is 6.70. The highest BCUT2D eigenvalue weighted by Crippen LogP contribution is 2.31. The van der Waals surface area contributed by atoms with Crippen LogP contribution in [0.3, 0.4) is 0 Å². The first-order chi connectivity index (χ1) is 14.2. The Balaban J connectivity index is 0.00000320. The van der Waals surface area contributed by atoms with Gasteiger partial charge in [0.25, 0.3) is 0 Å². The zero-order chi connectivity index (χ0) is 20.5. The molecular formula is C24H43Cl3N4O. The Morgan fingerprint density at radius 2 is 1.84 bits per heavy atom. The van der Waals surface area contributed by atoms with Gasteiger partial charge in [0.05, 0.1) is 0 Å². The summed E-state index contributed by atoms with van der Waals surface area (Å²) in [6.45, 7) is 12.7. The van der Waals surface area contributed by atoms with Crippen molar-refractivity contribution in [3.8, 4) is 0 Å². The quantitative estimate of drug-likeness (QED) is 0.473. The number of piperidine rings is 2. The van der Waals surface area contributed by atoms with Crippen molar-refractivity contribution < 1.29 is 4.79 Å². The fourth-order valence-electron chi connectivity index (χ4n) is 5.05. The highest BCUT2D eigenvalue weighted by Gasteiger charge is 2.35. The fraction of sp³-hybridized carbons (Fsp3) is 0.708. The summed E-state index contributed by atoms with van der Waals surface area (Å²) in [5.41, 5.74) is 1.42. The average molecular weight is 510 g/mol. The maximum atomic E-state index is 12.2. The van der Waals surface area contributed by atoms with Gasteiger partial charge < -0.3 is 15.5 Å². The van der Waals surface area contributed by atoms with Crippen LogP contribution < -0.4 is 10.6 Å². The van der Waals surface area contributed by atoms with Gasteiger partial charge in [0.1, 0.15) is 0 Å².